The van der Waals surface area contributed by atoms with Crippen LogP contribution in [0.4, 0.5) is 0 Å². The smallest absolute Gasteiger partial charge is 0.238 e. The standard InChI is InChI=1S/C11H21N3O/c1-9(2)13-8-5-11(15)14(13)10-3-6-12-7-4-10/h9-10,12H,3-8H2,1-2H3. The van der Waals surface area contributed by atoms with Crippen LogP contribution in [-0.2, 0) is 4.79 Å². The van der Waals surface area contributed by atoms with Gasteiger partial charge in [0, 0.05) is 19.0 Å². The molecule has 0 aromatic heterocycles. The minimum Gasteiger partial charge on any atom is -0.317 e. The Morgan fingerprint density at radius 1 is 1.33 bits per heavy atom. The van der Waals surface area contributed by atoms with Gasteiger partial charge in [0.2, 0.25) is 5.91 Å². The van der Waals surface area contributed by atoms with Crippen molar-refractivity contribution in [1.82, 2.24) is 15.3 Å². The molecular formula is C11H21N3O. The monoisotopic (exact) mass is 211 g/mol. The second kappa shape index (κ2) is 4.49. The highest BCUT2D eigenvalue weighted by Crippen LogP contribution is 2.23. The first kappa shape index (κ1) is 10.9. The summed E-state index contributed by atoms with van der Waals surface area (Å²) in [6.45, 7) is 7.31. The quantitative estimate of drug-likeness (QED) is 0.726. The molecule has 0 aliphatic carbocycles. The van der Waals surface area contributed by atoms with Gasteiger partial charge in [0.15, 0.2) is 0 Å². The van der Waals surface area contributed by atoms with E-state index in [0.717, 1.165) is 32.5 Å². The van der Waals surface area contributed by atoms with Crippen molar-refractivity contribution in [1.29, 1.82) is 0 Å². The van der Waals surface area contributed by atoms with E-state index in [1.54, 1.807) is 0 Å². The molecule has 0 atom stereocenters. The van der Waals surface area contributed by atoms with E-state index in [1.807, 2.05) is 5.01 Å². The summed E-state index contributed by atoms with van der Waals surface area (Å²) in [6, 6.07) is 0.870. The molecule has 4 nitrogen and oxygen atoms in total. The van der Waals surface area contributed by atoms with Crippen molar-refractivity contribution < 1.29 is 4.79 Å². The highest BCUT2D eigenvalue weighted by atomic mass is 16.2. The van der Waals surface area contributed by atoms with E-state index in [2.05, 4.69) is 24.2 Å². The molecule has 0 bridgehead atoms. The molecule has 2 heterocycles. The lowest BCUT2D eigenvalue weighted by Gasteiger charge is -2.39. The van der Waals surface area contributed by atoms with Crippen LogP contribution >= 0.6 is 0 Å². The Kier molecular flexibility index (Phi) is 3.26. The van der Waals surface area contributed by atoms with Crippen LogP contribution in [-0.4, -0.2) is 47.6 Å². The first-order valence-electron chi connectivity index (χ1n) is 5.99. The van der Waals surface area contributed by atoms with Gasteiger partial charge in [-0.2, -0.15) is 0 Å². The second-order valence-electron chi connectivity index (χ2n) is 4.73. The third-order valence-electron chi connectivity index (χ3n) is 3.34. The lowest BCUT2D eigenvalue weighted by Crippen LogP contribution is -2.52. The Morgan fingerprint density at radius 3 is 2.60 bits per heavy atom. The van der Waals surface area contributed by atoms with Gasteiger partial charge in [0.05, 0.1) is 6.04 Å². The Bertz CT molecular complexity index is 236. The summed E-state index contributed by atoms with van der Waals surface area (Å²) < 4.78 is 0. The number of nitrogens with one attached hydrogen (secondary N) is 1. The number of nitrogens with zero attached hydrogens (tertiary/aromatic N) is 2. The predicted molar refractivity (Wildman–Crippen MR) is 59.2 cm³/mol. The van der Waals surface area contributed by atoms with Gasteiger partial charge >= 0.3 is 0 Å². The molecule has 2 saturated heterocycles. The maximum absolute atomic E-state index is 11.9. The molecule has 0 radical (unpaired) electrons. The maximum Gasteiger partial charge on any atom is 0.238 e. The Morgan fingerprint density at radius 2 is 2.00 bits per heavy atom. The topological polar surface area (TPSA) is 35.6 Å². The molecule has 1 N–H and O–H groups in total. The van der Waals surface area contributed by atoms with E-state index in [4.69, 9.17) is 0 Å². The number of amides is 1. The van der Waals surface area contributed by atoms with Crippen LogP contribution in [0.3, 0.4) is 0 Å². The Balaban J connectivity index is 2.05. The SMILES string of the molecule is CC(C)N1CCC(=O)N1C1CCNCC1. The first-order chi connectivity index (χ1) is 7.20. The zero-order chi connectivity index (χ0) is 10.8. The lowest BCUT2D eigenvalue weighted by molar-refractivity contribution is -0.146. The van der Waals surface area contributed by atoms with Crippen LogP contribution in [0.2, 0.25) is 0 Å². The number of hydrogen-bond acceptors (Lipinski definition) is 3. The molecule has 0 saturated carbocycles. The van der Waals surface area contributed by atoms with E-state index in [-0.39, 0.29) is 0 Å². The molecule has 0 aromatic rings. The van der Waals surface area contributed by atoms with Crippen molar-refractivity contribution in [3.8, 4) is 0 Å². The van der Waals surface area contributed by atoms with Crippen molar-refractivity contribution in [2.24, 2.45) is 0 Å². The van der Waals surface area contributed by atoms with Crippen molar-refractivity contribution in [2.75, 3.05) is 19.6 Å². The zero-order valence-corrected chi connectivity index (χ0v) is 9.70. The van der Waals surface area contributed by atoms with Crippen LogP contribution in [0, 0.1) is 0 Å². The lowest BCUT2D eigenvalue weighted by atomic mass is 10.1. The minimum absolute atomic E-state index is 0.315. The van der Waals surface area contributed by atoms with Crippen molar-refractivity contribution in [3.63, 3.8) is 0 Å². The van der Waals surface area contributed by atoms with Gasteiger partial charge in [0.25, 0.3) is 0 Å². The summed E-state index contributed by atoms with van der Waals surface area (Å²) in [5.74, 6) is 0.315. The van der Waals surface area contributed by atoms with Crippen molar-refractivity contribution in [3.05, 3.63) is 0 Å². The molecule has 1 amide bonds. The number of carbonyl (C=O) groups is 1. The number of carbonyl (C=O) groups excluding carboxylic acids is 1. The fourth-order valence-corrected chi connectivity index (χ4v) is 2.55. The molecule has 0 unspecified atom stereocenters. The molecule has 2 fully saturated rings. The van der Waals surface area contributed by atoms with Gasteiger partial charge in [-0.15, -0.1) is 0 Å². The predicted octanol–water partition coefficient (Wildman–Crippen LogP) is 0.596. The molecule has 4 heteroatoms. The summed E-state index contributed by atoms with van der Waals surface area (Å²) in [5.41, 5.74) is 0. The van der Waals surface area contributed by atoms with E-state index < -0.39 is 0 Å². The van der Waals surface area contributed by atoms with Crippen molar-refractivity contribution in [2.45, 2.75) is 45.2 Å². The molecule has 0 aromatic carbocycles. The fraction of sp³-hybridized carbons (Fsp3) is 0.909. The average Bonchev–Trinajstić information content (AvgIpc) is 2.61. The van der Waals surface area contributed by atoms with Crippen LogP contribution < -0.4 is 5.32 Å². The summed E-state index contributed by atoms with van der Waals surface area (Å²) in [6.07, 6.45) is 2.88. The summed E-state index contributed by atoms with van der Waals surface area (Å²) in [4.78, 5) is 11.9. The third kappa shape index (κ3) is 2.16. The minimum atomic E-state index is 0.315. The zero-order valence-electron chi connectivity index (χ0n) is 9.70. The van der Waals surface area contributed by atoms with Gasteiger partial charge in [-0.1, -0.05) is 0 Å². The first-order valence-corrected chi connectivity index (χ1v) is 5.99. The highest BCUT2D eigenvalue weighted by Gasteiger charge is 2.36. The average molecular weight is 211 g/mol. The van der Waals surface area contributed by atoms with Crippen LogP contribution in [0.5, 0.6) is 0 Å². The molecule has 2 rings (SSSR count). The summed E-state index contributed by atoms with van der Waals surface area (Å²) in [5, 5.41) is 7.61. The Labute approximate surface area is 91.6 Å². The number of piperidine rings is 1. The fourth-order valence-electron chi connectivity index (χ4n) is 2.55. The third-order valence-corrected chi connectivity index (χ3v) is 3.34. The van der Waals surface area contributed by atoms with E-state index in [1.165, 1.54) is 0 Å². The highest BCUT2D eigenvalue weighted by molar-refractivity contribution is 5.78. The number of hydrogen-bond donors (Lipinski definition) is 1. The molecule has 86 valence electrons. The second-order valence-corrected chi connectivity index (χ2v) is 4.73. The van der Waals surface area contributed by atoms with Gasteiger partial charge in [-0.3, -0.25) is 9.80 Å². The normalized spacial score (nSPS) is 25.5. The van der Waals surface area contributed by atoms with E-state index in [0.29, 0.717) is 24.4 Å². The largest absolute Gasteiger partial charge is 0.317 e. The van der Waals surface area contributed by atoms with E-state index >= 15 is 0 Å². The molecular weight excluding hydrogens is 190 g/mol. The molecule has 2 aliphatic rings. The van der Waals surface area contributed by atoms with Gasteiger partial charge in [-0.25, -0.2) is 5.01 Å². The molecule has 0 spiro atoms. The van der Waals surface area contributed by atoms with Gasteiger partial charge in [0.1, 0.15) is 0 Å². The van der Waals surface area contributed by atoms with Gasteiger partial charge < -0.3 is 5.32 Å². The summed E-state index contributed by atoms with van der Waals surface area (Å²) in [7, 11) is 0. The van der Waals surface area contributed by atoms with Crippen LogP contribution in [0.1, 0.15) is 33.1 Å². The maximum atomic E-state index is 11.9. The molecule has 2 aliphatic heterocycles. The summed E-state index contributed by atoms with van der Waals surface area (Å²) >= 11 is 0. The number of rotatable bonds is 2. The Hall–Kier alpha value is -0.610. The van der Waals surface area contributed by atoms with Crippen LogP contribution in [0.25, 0.3) is 0 Å². The van der Waals surface area contributed by atoms with Gasteiger partial charge in [-0.05, 0) is 39.8 Å². The van der Waals surface area contributed by atoms with E-state index in [9.17, 15) is 4.79 Å². The molecule has 15 heavy (non-hydrogen) atoms. The van der Waals surface area contributed by atoms with Crippen LogP contribution in [0.15, 0.2) is 0 Å². The number of hydrazine groups is 1. The van der Waals surface area contributed by atoms with Crippen molar-refractivity contribution >= 4 is 5.91 Å².